The number of hydrogen-bond donors (Lipinski definition) is 1. The molecule has 1 aromatic heterocycles. The van der Waals surface area contributed by atoms with Crippen LogP contribution in [-0.2, 0) is 0 Å². The van der Waals surface area contributed by atoms with E-state index in [-0.39, 0.29) is 0 Å². The highest BCUT2D eigenvalue weighted by Gasteiger charge is 2.16. The minimum absolute atomic E-state index is 0.440. The fraction of sp³-hybridized carbons (Fsp3) is 0.786. The Balaban J connectivity index is 2.51. The fourth-order valence-electron chi connectivity index (χ4n) is 2.32. The van der Waals surface area contributed by atoms with E-state index in [2.05, 4.69) is 43.4 Å². The summed E-state index contributed by atoms with van der Waals surface area (Å²) < 4.78 is 0. The molecule has 1 heterocycles. The van der Waals surface area contributed by atoms with Crippen molar-refractivity contribution in [2.24, 2.45) is 11.8 Å². The third kappa shape index (κ3) is 5.64. The number of nitrogens with zero attached hydrogens (tertiary/aromatic N) is 1. The van der Waals surface area contributed by atoms with E-state index in [1.165, 1.54) is 25.0 Å². The van der Waals surface area contributed by atoms with E-state index in [0.717, 1.165) is 18.4 Å². The standard InChI is InChI=1S/C14H26N2S/c1-5-6-15-13(14-9-17-10-16-14)8-12(4)7-11(2)3/h9-13,15H,5-8H2,1-4H3. The molecule has 0 spiro atoms. The lowest BCUT2D eigenvalue weighted by molar-refractivity contribution is 0.353. The number of nitrogens with one attached hydrogen (secondary N) is 1. The molecular formula is C14H26N2S. The number of aromatic nitrogens is 1. The molecule has 1 aromatic rings. The van der Waals surface area contributed by atoms with Gasteiger partial charge in [-0.15, -0.1) is 11.3 Å². The Hall–Kier alpha value is -0.410. The minimum Gasteiger partial charge on any atom is -0.309 e. The van der Waals surface area contributed by atoms with Gasteiger partial charge in [-0.3, -0.25) is 0 Å². The second-order valence-corrected chi connectivity index (χ2v) is 6.11. The van der Waals surface area contributed by atoms with Crippen LogP contribution in [0.3, 0.4) is 0 Å². The summed E-state index contributed by atoms with van der Waals surface area (Å²) in [7, 11) is 0. The van der Waals surface area contributed by atoms with Crippen LogP contribution < -0.4 is 5.32 Å². The van der Waals surface area contributed by atoms with Gasteiger partial charge < -0.3 is 5.32 Å². The van der Waals surface area contributed by atoms with Crippen LogP contribution in [0.1, 0.15) is 58.7 Å². The Morgan fingerprint density at radius 3 is 2.59 bits per heavy atom. The fourth-order valence-corrected chi connectivity index (χ4v) is 2.93. The zero-order chi connectivity index (χ0) is 12.7. The molecule has 0 aromatic carbocycles. The van der Waals surface area contributed by atoms with E-state index >= 15 is 0 Å². The summed E-state index contributed by atoms with van der Waals surface area (Å²) in [5.74, 6) is 1.54. The van der Waals surface area contributed by atoms with Crippen molar-refractivity contribution in [3.63, 3.8) is 0 Å². The zero-order valence-corrected chi connectivity index (χ0v) is 12.4. The predicted octanol–water partition coefficient (Wildman–Crippen LogP) is 4.26. The highest BCUT2D eigenvalue weighted by Crippen LogP contribution is 2.25. The molecule has 1 rings (SSSR count). The van der Waals surface area contributed by atoms with Gasteiger partial charge in [0.2, 0.25) is 0 Å². The van der Waals surface area contributed by atoms with Gasteiger partial charge in [0.25, 0.3) is 0 Å². The van der Waals surface area contributed by atoms with E-state index < -0.39 is 0 Å². The molecule has 2 nitrogen and oxygen atoms in total. The molecule has 2 atom stereocenters. The van der Waals surface area contributed by atoms with Crippen molar-refractivity contribution in [1.29, 1.82) is 0 Å². The van der Waals surface area contributed by atoms with Crippen molar-refractivity contribution in [2.45, 2.75) is 53.0 Å². The largest absolute Gasteiger partial charge is 0.309 e. The molecule has 0 aliphatic heterocycles. The summed E-state index contributed by atoms with van der Waals surface area (Å²) in [6.07, 6.45) is 3.68. The molecule has 2 unspecified atom stereocenters. The quantitative estimate of drug-likeness (QED) is 0.750. The third-order valence-electron chi connectivity index (χ3n) is 2.96. The Kier molecular flexibility index (Phi) is 6.75. The van der Waals surface area contributed by atoms with E-state index in [0.29, 0.717) is 6.04 Å². The average Bonchev–Trinajstić information content (AvgIpc) is 2.76. The number of hydrogen-bond acceptors (Lipinski definition) is 3. The minimum atomic E-state index is 0.440. The summed E-state index contributed by atoms with van der Waals surface area (Å²) in [6, 6.07) is 0.440. The molecule has 1 N–H and O–H groups in total. The van der Waals surface area contributed by atoms with Gasteiger partial charge in [-0.05, 0) is 37.6 Å². The molecule has 0 aliphatic carbocycles. The maximum absolute atomic E-state index is 4.46. The predicted molar refractivity (Wildman–Crippen MR) is 76.4 cm³/mol. The lowest BCUT2D eigenvalue weighted by Gasteiger charge is -2.22. The molecule has 98 valence electrons. The van der Waals surface area contributed by atoms with Crippen molar-refractivity contribution in [1.82, 2.24) is 10.3 Å². The average molecular weight is 254 g/mol. The van der Waals surface area contributed by atoms with Gasteiger partial charge in [-0.2, -0.15) is 0 Å². The normalized spacial score (nSPS) is 15.1. The van der Waals surface area contributed by atoms with Crippen LogP contribution in [0.5, 0.6) is 0 Å². The first-order chi connectivity index (χ1) is 8.13. The van der Waals surface area contributed by atoms with Gasteiger partial charge in [0.1, 0.15) is 0 Å². The van der Waals surface area contributed by atoms with Crippen molar-refractivity contribution >= 4 is 11.3 Å². The number of thiazole rings is 1. The first-order valence-corrected chi connectivity index (χ1v) is 7.69. The Morgan fingerprint density at radius 2 is 2.06 bits per heavy atom. The monoisotopic (exact) mass is 254 g/mol. The van der Waals surface area contributed by atoms with Gasteiger partial charge in [-0.1, -0.05) is 27.7 Å². The van der Waals surface area contributed by atoms with Crippen LogP contribution in [0.4, 0.5) is 0 Å². The molecule has 0 radical (unpaired) electrons. The Morgan fingerprint density at radius 1 is 1.29 bits per heavy atom. The van der Waals surface area contributed by atoms with Crippen LogP contribution in [-0.4, -0.2) is 11.5 Å². The van der Waals surface area contributed by atoms with E-state index in [4.69, 9.17) is 0 Å². The Labute approximate surface area is 110 Å². The second kappa shape index (κ2) is 7.83. The maximum Gasteiger partial charge on any atom is 0.0795 e. The second-order valence-electron chi connectivity index (χ2n) is 5.39. The van der Waals surface area contributed by atoms with Gasteiger partial charge >= 0.3 is 0 Å². The molecule has 0 fully saturated rings. The maximum atomic E-state index is 4.46. The van der Waals surface area contributed by atoms with Crippen molar-refractivity contribution < 1.29 is 0 Å². The summed E-state index contributed by atoms with van der Waals surface area (Å²) in [5.41, 5.74) is 3.15. The van der Waals surface area contributed by atoms with Crippen LogP contribution in [0, 0.1) is 11.8 Å². The summed E-state index contributed by atoms with van der Waals surface area (Å²) in [5, 5.41) is 5.80. The van der Waals surface area contributed by atoms with Crippen molar-refractivity contribution in [3.8, 4) is 0 Å². The molecule has 0 aliphatic rings. The van der Waals surface area contributed by atoms with Crippen molar-refractivity contribution in [2.75, 3.05) is 6.54 Å². The molecule has 0 saturated heterocycles. The van der Waals surface area contributed by atoms with E-state index in [1.807, 2.05) is 5.51 Å². The van der Waals surface area contributed by atoms with Crippen LogP contribution in [0.25, 0.3) is 0 Å². The third-order valence-corrected chi connectivity index (χ3v) is 3.57. The zero-order valence-electron chi connectivity index (χ0n) is 11.6. The van der Waals surface area contributed by atoms with E-state index in [9.17, 15) is 0 Å². The molecule has 0 amide bonds. The first kappa shape index (κ1) is 14.7. The molecule has 3 heteroatoms. The first-order valence-electron chi connectivity index (χ1n) is 6.74. The lowest BCUT2D eigenvalue weighted by atomic mass is 9.92. The highest BCUT2D eigenvalue weighted by atomic mass is 32.1. The summed E-state index contributed by atoms with van der Waals surface area (Å²) in [6.45, 7) is 10.2. The van der Waals surface area contributed by atoms with E-state index in [1.54, 1.807) is 11.3 Å². The molecule has 0 saturated carbocycles. The smallest absolute Gasteiger partial charge is 0.0795 e. The SMILES string of the molecule is CCCNC(CC(C)CC(C)C)c1cscn1. The molecule has 17 heavy (non-hydrogen) atoms. The topological polar surface area (TPSA) is 24.9 Å². The Bertz CT molecular complexity index is 282. The lowest BCUT2D eigenvalue weighted by Crippen LogP contribution is -2.24. The number of rotatable bonds is 8. The van der Waals surface area contributed by atoms with Crippen LogP contribution in [0.15, 0.2) is 10.9 Å². The summed E-state index contributed by atoms with van der Waals surface area (Å²) in [4.78, 5) is 4.46. The van der Waals surface area contributed by atoms with Gasteiger partial charge in [-0.25, -0.2) is 4.98 Å². The van der Waals surface area contributed by atoms with Crippen LogP contribution >= 0.6 is 11.3 Å². The molecular weight excluding hydrogens is 228 g/mol. The van der Waals surface area contributed by atoms with Gasteiger partial charge in [0, 0.05) is 5.38 Å². The molecule has 0 bridgehead atoms. The van der Waals surface area contributed by atoms with Crippen LogP contribution in [0.2, 0.25) is 0 Å². The van der Waals surface area contributed by atoms with Crippen molar-refractivity contribution in [3.05, 3.63) is 16.6 Å². The summed E-state index contributed by atoms with van der Waals surface area (Å²) >= 11 is 1.69. The van der Waals surface area contributed by atoms with Gasteiger partial charge in [0.05, 0.1) is 17.2 Å². The highest BCUT2D eigenvalue weighted by molar-refractivity contribution is 7.07. The van der Waals surface area contributed by atoms with Gasteiger partial charge in [0.15, 0.2) is 0 Å².